The molecule has 3 heterocycles. The molecule has 1 amide bonds. The number of carboxylic acid groups (broad SMARTS) is 1. The van der Waals surface area contributed by atoms with E-state index in [0.29, 0.717) is 6.54 Å². The minimum atomic E-state index is -3.77. The molecule has 2 saturated heterocycles. The normalized spacial score (nSPS) is 29.8. The van der Waals surface area contributed by atoms with Crippen LogP contribution in [0.4, 0.5) is 0 Å². The molecule has 2 aliphatic rings. The molecule has 0 unspecified atom stereocenters. The van der Waals surface area contributed by atoms with Crippen molar-refractivity contribution < 1.29 is 23.1 Å². The van der Waals surface area contributed by atoms with Crippen molar-refractivity contribution in [2.24, 2.45) is 5.92 Å². The molecule has 0 spiro atoms. The van der Waals surface area contributed by atoms with E-state index in [2.05, 4.69) is 10.3 Å². The fraction of sp³-hybridized carbons (Fsp3) is 0.533. The molecule has 1 aromatic rings. The highest BCUT2D eigenvalue weighted by Gasteiger charge is 2.71. The summed E-state index contributed by atoms with van der Waals surface area (Å²) in [7, 11) is -3.77. The van der Waals surface area contributed by atoms with Gasteiger partial charge in [0.1, 0.15) is 11.4 Å². The van der Waals surface area contributed by atoms with Crippen LogP contribution in [0.25, 0.3) is 0 Å². The first kappa shape index (κ1) is 16.8. The van der Waals surface area contributed by atoms with E-state index in [4.69, 9.17) is 0 Å². The van der Waals surface area contributed by atoms with Gasteiger partial charge in [-0.2, -0.15) is 0 Å². The number of aromatic nitrogens is 1. The van der Waals surface area contributed by atoms with Crippen LogP contribution in [0.2, 0.25) is 0 Å². The predicted molar refractivity (Wildman–Crippen MR) is 84.5 cm³/mol. The number of carbonyl (C=O) groups is 2. The molecule has 0 aromatic carbocycles. The van der Waals surface area contributed by atoms with E-state index in [1.165, 1.54) is 13.8 Å². The third-order valence-corrected chi connectivity index (χ3v) is 7.71. The van der Waals surface area contributed by atoms with Gasteiger partial charge in [-0.1, -0.05) is 6.07 Å². The van der Waals surface area contributed by atoms with Crippen molar-refractivity contribution in [1.82, 2.24) is 15.2 Å². The molecule has 2 fully saturated rings. The summed E-state index contributed by atoms with van der Waals surface area (Å²) in [5.74, 6) is -2.48. The largest absolute Gasteiger partial charge is 0.480 e. The first-order valence-electron chi connectivity index (χ1n) is 7.57. The number of sulfone groups is 1. The zero-order chi connectivity index (χ0) is 17.7. The number of aliphatic carboxylic acids is 1. The van der Waals surface area contributed by atoms with Crippen molar-refractivity contribution in [3.05, 3.63) is 30.1 Å². The molecule has 2 aliphatic heterocycles. The van der Waals surface area contributed by atoms with Gasteiger partial charge in [-0.3, -0.25) is 9.78 Å². The second-order valence-corrected chi connectivity index (χ2v) is 9.25. The summed E-state index contributed by atoms with van der Waals surface area (Å²) in [6.07, 6.45) is 3.33. The third kappa shape index (κ3) is 2.22. The number of nitrogens with one attached hydrogen (secondary N) is 1. The summed E-state index contributed by atoms with van der Waals surface area (Å²) in [5.41, 5.74) is 0.916. The molecule has 0 aliphatic carbocycles. The highest BCUT2D eigenvalue weighted by Crippen LogP contribution is 2.48. The van der Waals surface area contributed by atoms with Gasteiger partial charge in [0.05, 0.1) is 10.7 Å². The number of carboxylic acids is 1. The number of rotatable bonds is 5. The Bertz CT molecular complexity index is 778. The summed E-state index contributed by atoms with van der Waals surface area (Å²) in [6.45, 7) is 3.37. The van der Waals surface area contributed by atoms with E-state index in [0.717, 1.165) is 10.5 Å². The summed E-state index contributed by atoms with van der Waals surface area (Å²) in [4.78, 5) is 28.8. The molecule has 8 nitrogen and oxygen atoms in total. The van der Waals surface area contributed by atoms with E-state index in [1.54, 1.807) is 18.5 Å². The topological polar surface area (TPSA) is 117 Å². The number of nitrogens with zero attached hydrogens (tertiary/aromatic N) is 2. The Morgan fingerprint density at radius 3 is 2.75 bits per heavy atom. The average Bonchev–Trinajstić information content (AvgIpc) is 2.66. The van der Waals surface area contributed by atoms with Crippen LogP contribution < -0.4 is 5.32 Å². The van der Waals surface area contributed by atoms with Gasteiger partial charge < -0.3 is 15.3 Å². The van der Waals surface area contributed by atoms with Crippen molar-refractivity contribution >= 4 is 21.7 Å². The summed E-state index contributed by atoms with van der Waals surface area (Å²) >= 11 is 0. The van der Waals surface area contributed by atoms with Gasteiger partial charge in [0, 0.05) is 25.5 Å². The number of fused-ring (bicyclic) bond motifs is 1. The minimum absolute atomic E-state index is 0.177. The Hall–Kier alpha value is -2.00. The summed E-state index contributed by atoms with van der Waals surface area (Å²) in [6, 6.07) is 2.31. The molecule has 0 bridgehead atoms. The molecule has 1 aromatic heterocycles. The molecule has 3 rings (SSSR count). The Balaban J connectivity index is 1.75. The lowest BCUT2D eigenvalue weighted by atomic mass is 9.91. The van der Waals surface area contributed by atoms with Crippen LogP contribution in [0.5, 0.6) is 0 Å². The minimum Gasteiger partial charge on any atom is -0.480 e. The SMILES string of the molecule is CC1(C)[C@H](C(=O)O)N2C(=O)[C@@H](CNCc3cccnc3)[C@H]2S1(=O)=O. The molecule has 0 radical (unpaired) electrons. The number of amides is 1. The molecule has 0 saturated carbocycles. The number of hydrogen-bond donors (Lipinski definition) is 2. The van der Waals surface area contributed by atoms with Crippen LogP contribution in [0.15, 0.2) is 24.5 Å². The Kier molecular flexibility index (Phi) is 3.88. The third-order valence-electron chi connectivity index (χ3n) is 4.83. The first-order valence-corrected chi connectivity index (χ1v) is 9.12. The summed E-state index contributed by atoms with van der Waals surface area (Å²) < 4.78 is 23.9. The fourth-order valence-corrected chi connectivity index (χ4v) is 5.79. The second-order valence-electron chi connectivity index (χ2n) is 6.62. The van der Waals surface area contributed by atoms with Gasteiger partial charge in [-0.15, -0.1) is 0 Å². The number of carbonyl (C=O) groups excluding carboxylic acids is 1. The number of pyridine rings is 1. The molecule has 9 heteroatoms. The van der Waals surface area contributed by atoms with Crippen LogP contribution in [0, 0.1) is 5.92 Å². The van der Waals surface area contributed by atoms with Gasteiger partial charge in [-0.25, -0.2) is 13.2 Å². The maximum Gasteiger partial charge on any atom is 0.328 e. The molecular weight excluding hydrogens is 334 g/mol. The van der Waals surface area contributed by atoms with Crippen molar-refractivity contribution in [3.63, 3.8) is 0 Å². The van der Waals surface area contributed by atoms with Crippen molar-refractivity contribution in [2.45, 2.75) is 36.6 Å². The lowest BCUT2D eigenvalue weighted by molar-refractivity contribution is -0.163. The zero-order valence-electron chi connectivity index (χ0n) is 13.3. The van der Waals surface area contributed by atoms with E-state index >= 15 is 0 Å². The highest BCUT2D eigenvalue weighted by molar-refractivity contribution is 7.93. The molecular formula is C15H19N3O5S. The first-order chi connectivity index (χ1) is 11.2. The van der Waals surface area contributed by atoms with Crippen LogP contribution in [0.1, 0.15) is 19.4 Å². The second kappa shape index (κ2) is 5.52. The predicted octanol–water partition coefficient (Wildman–Crippen LogP) is -0.384. The van der Waals surface area contributed by atoms with E-state index in [1.807, 2.05) is 6.07 Å². The van der Waals surface area contributed by atoms with E-state index in [9.17, 15) is 23.1 Å². The quantitative estimate of drug-likeness (QED) is 0.693. The van der Waals surface area contributed by atoms with Crippen LogP contribution >= 0.6 is 0 Å². The number of hydrogen-bond acceptors (Lipinski definition) is 6. The van der Waals surface area contributed by atoms with Crippen molar-refractivity contribution in [3.8, 4) is 0 Å². The molecule has 24 heavy (non-hydrogen) atoms. The highest BCUT2D eigenvalue weighted by atomic mass is 32.2. The van der Waals surface area contributed by atoms with E-state index in [-0.39, 0.29) is 6.54 Å². The maximum atomic E-state index is 12.7. The van der Waals surface area contributed by atoms with Gasteiger partial charge in [0.2, 0.25) is 5.91 Å². The van der Waals surface area contributed by atoms with Crippen LogP contribution in [-0.2, 0) is 26.0 Å². The van der Waals surface area contributed by atoms with Gasteiger partial charge in [-0.05, 0) is 25.5 Å². The van der Waals surface area contributed by atoms with Gasteiger partial charge in [0.15, 0.2) is 9.84 Å². The van der Waals surface area contributed by atoms with Crippen LogP contribution in [-0.4, -0.2) is 58.0 Å². The smallest absolute Gasteiger partial charge is 0.328 e. The number of β-lactam (4-membered cyclic amide) rings is 1. The van der Waals surface area contributed by atoms with Gasteiger partial charge >= 0.3 is 5.97 Å². The lowest BCUT2D eigenvalue weighted by Crippen LogP contribution is -2.65. The lowest BCUT2D eigenvalue weighted by Gasteiger charge is -2.42. The molecule has 3 atom stereocenters. The average molecular weight is 353 g/mol. The van der Waals surface area contributed by atoms with Crippen LogP contribution in [0.3, 0.4) is 0 Å². The molecule has 130 valence electrons. The zero-order valence-corrected chi connectivity index (χ0v) is 14.2. The van der Waals surface area contributed by atoms with Crippen molar-refractivity contribution in [2.75, 3.05) is 6.54 Å². The molecule has 2 N–H and O–H groups in total. The standard InChI is InChI=1S/C15H19N3O5S/c1-15(2)11(14(20)21)18-12(19)10(13(18)24(15,22)23)8-17-7-9-4-3-5-16-6-9/h3-6,10-11,13,17H,7-8H2,1-2H3,(H,20,21)/t10-,11+,13-/m1/s1. The Morgan fingerprint density at radius 1 is 1.46 bits per heavy atom. The fourth-order valence-electron chi connectivity index (χ4n) is 3.47. The monoisotopic (exact) mass is 353 g/mol. The van der Waals surface area contributed by atoms with Crippen molar-refractivity contribution in [1.29, 1.82) is 0 Å². The Labute approximate surface area is 139 Å². The summed E-state index contributed by atoms with van der Waals surface area (Å²) in [5, 5.41) is 11.3. The maximum absolute atomic E-state index is 12.7. The Morgan fingerprint density at radius 2 is 2.17 bits per heavy atom. The van der Waals surface area contributed by atoms with E-state index < -0.39 is 43.8 Å². The van der Waals surface area contributed by atoms with Gasteiger partial charge in [0.25, 0.3) is 0 Å².